The molecule has 100 valence electrons. The molecule has 0 aliphatic rings. The molecular weight excluding hydrogens is 290 g/mol. The third-order valence-corrected chi connectivity index (χ3v) is 3.90. The Morgan fingerprint density at radius 3 is 2.56 bits per heavy atom. The van der Waals surface area contributed by atoms with Crippen LogP contribution in [0.5, 0.6) is 0 Å². The summed E-state index contributed by atoms with van der Waals surface area (Å²) in [6, 6.07) is 8.19. The Balaban J connectivity index is 2.51. The summed E-state index contributed by atoms with van der Waals surface area (Å²) in [5.41, 5.74) is 0.794. The Labute approximate surface area is 119 Å². The van der Waals surface area contributed by atoms with E-state index in [9.17, 15) is 4.79 Å². The van der Waals surface area contributed by atoms with Gasteiger partial charge in [-0.1, -0.05) is 41.9 Å². The topological polar surface area (TPSA) is 20.3 Å². The van der Waals surface area contributed by atoms with E-state index in [1.54, 1.807) is 0 Å². The molecule has 18 heavy (non-hydrogen) atoms. The van der Waals surface area contributed by atoms with E-state index in [1.807, 2.05) is 24.3 Å². The zero-order valence-electron chi connectivity index (χ0n) is 11.4. The molecule has 2 nitrogen and oxygen atoms in total. The quantitative estimate of drug-likeness (QED) is 0.705. The van der Waals surface area contributed by atoms with Crippen LogP contribution in [0.3, 0.4) is 0 Å². The largest absolute Gasteiger partial charge is 0.303 e. The van der Waals surface area contributed by atoms with E-state index >= 15 is 0 Å². The van der Waals surface area contributed by atoms with Gasteiger partial charge >= 0.3 is 0 Å². The number of carbonyl (C=O) groups excluding carboxylic acids is 1. The smallest absolute Gasteiger partial charge is 0.164 e. The zero-order valence-corrected chi connectivity index (χ0v) is 13.0. The molecule has 0 aliphatic carbocycles. The van der Waals surface area contributed by atoms with Gasteiger partial charge in [0.15, 0.2) is 5.78 Å². The summed E-state index contributed by atoms with van der Waals surface area (Å²) in [4.78, 5) is 14.3. The van der Waals surface area contributed by atoms with E-state index < -0.39 is 0 Å². The van der Waals surface area contributed by atoms with Crippen LogP contribution in [-0.2, 0) is 0 Å². The molecule has 0 radical (unpaired) electrons. The Bertz CT molecular complexity index is 388. The minimum atomic E-state index is 0.217. The number of carbonyl (C=O) groups is 1. The standard InChI is InChI=1S/C15H22BrNO/c1-4-14(5-2)17(3)10-9-15(18)12-7-6-8-13(16)11-12/h6-8,11,14H,4-5,9-10H2,1-3H3. The lowest BCUT2D eigenvalue weighted by molar-refractivity contribution is 0.0958. The molecule has 0 spiro atoms. The second kappa shape index (κ2) is 7.70. The normalized spacial score (nSPS) is 11.2. The molecule has 0 bridgehead atoms. The van der Waals surface area contributed by atoms with E-state index in [4.69, 9.17) is 0 Å². The molecule has 0 atom stereocenters. The van der Waals surface area contributed by atoms with Gasteiger partial charge in [0.1, 0.15) is 0 Å². The number of benzene rings is 1. The van der Waals surface area contributed by atoms with Crippen molar-refractivity contribution in [3.8, 4) is 0 Å². The summed E-state index contributed by atoms with van der Waals surface area (Å²) in [5.74, 6) is 0.217. The molecule has 0 heterocycles. The van der Waals surface area contributed by atoms with Gasteiger partial charge in [0.25, 0.3) is 0 Å². The number of hydrogen-bond donors (Lipinski definition) is 0. The van der Waals surface area contributed by atoms with Crippen molar-refractivity contribution in [1.82, 2.24) is 4.90 Å². The first-order valence-corrected chi connectivity index (χ1v) is 7.36. The van der Waals surface area contributed by atoms with Crippen LogP contribution in [0.25, 0.3) is 0 Å². The summed E-state index contributed by atoms with van der Waals surface area (Å²) in [7, 11) is 2.10. The van der Waals surface area contributed by atoms with Crippen LogP contribution >= 0.6 is 15.9 Å². The van der Waals surface area contributed by atoms with Crippen molar-refractivity contribution in [3.63, 3.8) is 0 Å². The van der Waals surface area contributed by atoms with Crippen LogP contribution in [0.1, 0.15) is 43.5 Å². The third kappa shape index (κ3) is 4.54. The molecule has 0 aromatic heterocycles. The predicted octanol–water partition coefficient (Wildman–Crippen LogP) is 4.14. The highest BCUT2D eigenvalue weighted by Gasteiger charge is 2.12. The molecule has 1 aromatic carbocycles. The van der Waals surface area contributed by atoms with E-state index in [-0.39, 0.29) is 5.78 Å². The van der Waals surface area contributed by atoms with Crippen molar-refractivity contribution in [2.24, 2.45) is 0 Å². The second-order valence-corrected chi connectivity index (χ2v) is 5.55. The first-order chi connectivity index (χ1) is 8.58. The highest BCUT2D eigenvalue weighted by Crippen LogP contribution is 2.14. The highest BCUT2D eigenvalue weighted by molar-refractivity contribution is 9.10. The molecular formula is C15H22BrNO. The average Bonchev–Trinajstić information content (AvgIpc) is 2.37. The highest BCUT2D eigenvalue weighted by atomic mass is 79.9. The van der Waals surface area contributed by atoms with Crippen molar-refractivity contribution in [2.45, 2.75) is 39.2 Å². The van der Waals surface area contributed by atoms with Crippen molar-refractivity contribution in [1.29, 1.82) is 0 Å². The Kier molecular flexibility index (Phi) is 6.58. The van der Waals surface area contributed by atoms with Crippen LogP contribution < -0.4 is 0 Å². The van der Waals surface area contributed by atoms with Crippen LogP contribution in [0.15, 0.2) is 28.7 Å². The monoisotopic (exact) mass is 311 g/mol. The Morgan fingerprint density at radius 1 is 1.33 bits per heavy atom. The number of nitrogens with zero attached hydrogens (tertiary/aromatic N) is 1. The summed E-state index contributed by atoms with van der Waals surface area (Å²) in [6.45, 7) is 5.22. The number of Topliss-reactive ketones (excluding diaryl/α,β-unsaturated/α-hetero) is 1. The fraction of sp³-hybridized carbons (Fsp3) is 0.533. The average molecular weight is 312 g/mol. The summed E-state index contributed by atoms with van der Waals surface area (Å²) in [5, 5.41) is 0. The lowest BCUT2D eigenvalue weighted by Gasteiger charge is -2.25. The van der Waals surface area contributed by atoms with Crippen LogP contribution in [0, 0.1) is 0 Å². The number of ketones is 1. The van der Waals surface area contributed by atoms with Crippen molar-refractivity contribution in [3.05, 3.63) is 34.3 Å². The summed E-state index contributed by atoms with van der Waals surface area (Å²) in [6.07, 6.45) is 2.86. The molecule has 0 amide bonds. The molecule has 0 fully saturated rings. The maximum Gasteiger partial charge on any atom is 0.164 e. The Hall–Kier alpha value is -0.670. The maximum absolute atomic E-state index is 12.1. The zero-order chi connectivity index (χ0) is 13.5. The molecule has 1 aromatic rings. The van der Waals surface area contributed by atoms with Gasteiger partial charge in [-0.25, -0.2) is 0 Å². The predicted molar refractivity (Wildman–Crippen MR) is 80.1 cm³/mol. The molecule has 0 saturated carbocycles. The van der Waals surface area contributed by atoms with Crippen molar-refractivity contribution in [2.75, 3.05) is 13.6 Å². The van der Waals surface area contributed by atoms with Crippen molar-refractivity contribution >= 4 is 21.7 Å². The third-order valence-electron chi connectivity index (χ3n) is 3.40. The first-order valence-electron chi connectivity index (χ1n) is 6.57. The number of rotatable bonds is 7. The Morgan fingerprint density at radius 2 is 2.00 bits per heavy atom. The summed E-state index contributed by atoms with van der Waals surface area (Å²) < 4.78 is 0.960. The van der Waals surface area contributed by atoms with Gasteiger partial charge in [-0.05, 0) is 32.0 Å². The molecule has 1 rings (SSSR count). The molecule has 0 saturated heterocycles. The van der Waals surface area contributed by atoms with Gasteiger partial charge in [0.2, 0.25) is 0 Å². The van der Waals surface area contributed by atoms with Gasteiger partial charge in [-0.3, -0.25) is 4.79 Å². The summed E-state index contributed by atoms with van der Waals surface area (Å²) >= 11 is 3.39. The fourth-order valence-corrected chi connectivity index (χ4v) is 2.58. The van der Waals surface area contributed by atoms with Crippen LogP contribution in [0.2, 0.25) is 0 Å². The minimum absolute atomic E-state index is 0.217. The van der Waals surface area contributed by atoms with Gasteiger partial charge in [-0.15, -0.1) is 0 Å². The fourth-order valence-electron chi connectivity index (χ4n) is 2.18. The van der Waals surface area contributed by atoms with Gasteiger partial charge < -0.3 is 4.90 Å². The number of hydrogen-bond acceptors (Lipinski definition) is 2. The van der Waals surface area contributed by atoms with Gasteiger partial charge in [0.05, 0.1) is 0 Å². The van der Waals surface area contributed by atoms with Gasteiger partial charge in [-0.2, -0.15) is 0 Å². The molecule has 0 aliphatic heterocycles. The van der Waals surface area contributed by atoms with E-state index in [0.29, 0.717) is 12.5 Å². The molecule has 0 unspecified atom stereocenters. The molecule has 0 N–H and O–H groups in total. The van der Waals surface area contributed by atoms with Gasteiger partial charge in [0, 0.05) is 29.0 Å². The maximum atomic E-state index is 12.1. The van der Waals surface area contributed by atoms with E-state index in [1.165, 1.54) is 0 Å². The van der Waals surface area contributed by atoms with Crippen LogP contribution in [0.4, 0.5) is 0 Å². The van der Waals surface area contributed by atoms with Crippen molar-refractivity contribution < 1.29 is 4.79 Å². The van der Waals surface area contributed by atoms with E-state index in [2.05, 4.69) is 41.7 Å². The SMILES string of the molecule is CCC(CC)N(C)CCC(=O)c1cccc(Br)c1. The lowest BCUT2D eigenvalue weighted by atomic mass is 10.1. The lowest BCUT2D eigenvalue weighted by Crippen LogP contribution is -2.32. The number of halogens is 1. The van der Waals surface area contributed by atoms with E-state index in [0.717, 1.165) is 29.4 Å². The van der Waals surface area contributed by atoms with Crippen LogP contribution in [-0.4, -0.2) is 30.3 Å². The second-order valence-electron chi connectivity index (χ2n) is 4.63. The first kappa shape index (κ1) is 15.4. The minimum Gasteiger partial charge on any atom is -0.303 e. The molecule has 3 heteroatoms.